The number of carbonyl (C=O) groups is 2. The average Bonchev–Trinajstić information content (AvgIpc) is 2.86. The van der Waals surface area contributed by atoms with Gasteiger partial charge in [0.05, 0.1) is 11.1 Å². The van der Waals surface area contributed by atoms with Crippen molar-refractivity contribution in [1.82, 2.24) is 0 Å². The van der Waals surface area contributed by atoms with Crippen molar-refractivity contribution in [3.8, 4) is 9.75 Å². The minimum absolute atomic E-state index is 0.227. The lowest BCUT2D eigenvalue weighted by Crippen LogP contribution is -1.91. The molecule has 0 unspecified atom stereocenters. The van der Waals surface area contributed by atoms with Crippen molar-refractivity contribution in [1.29, 1.82) is 0 Å². The maximum atomic E-state index is 10.7. The molecular formula is C10H6O4S2. The van der Waals surface area contributed by atoms with Gasteiger partial charge in [0.15, 0.2) is 0 Å². The Kier molecular flexibility index (Phi) is 2.76. The van der Waals surface area contributed by atoms with Crippen LogP contribution < -0.4 is 0 Å². The Labute approximate surface area is 98.4 Å². The maximum Gasteiger partial charge on any atom is 0.336 e. The van der Waals surface area contributed by atoms with Crippen LogP contribution in [0.3, 0.4) is 0 Å². The highest BCUT2D eigenvalue weighted by molar-refractivity contribution is 7.20. The highest BCUT2D eigenvalue weighted by Crippen LogP contribution is 2.32. The molecule has 16 heavy (non-hydrogen) atoms. The van der Waals surface area contributed by atoms with E-state index in [0.717, 1.165) is 9.75 Å². The number of aromatic carboxylic acids is 2. The molecule has 0 radical (unpaired) electrons. The Morgan fingerprint density at radius 3 is 1.50 bits per heavy atom. The summed E-state index contributed by atoms with van der Waals surface area (Å²) in [6, 6.07) is 3.09. The molecule has 0 amide bonds. The predicted octanol–water partition coefficient (Wildman–Crippen LogP) is 2.87. The highest BCUT2D eigenvalue weighted by Gasteiger charge is 2.12. The topological polar surface area (TPSA) is 74.6 Å². The molecule has 0 aromatic carbocycles. The fourth-order valence-electron chi connectivity index (χ4n) is 1.16. The average molecular weight is 254 g/mol. The Morgan fingerprint density at radius 1 is 0.875 bits per heavy atom. The minimum Gasteiger partial charge on any atom is -0.478 e. The first-order valence-electron chi connectivity index (χ1n) is 4.22. The van der Waals surface area contributed by atoms with E-state index in [-0.39, 0.29) is 11.1 Å². The summed E-state index contributed by atoms with van der Waals surface area (Å²) in [5, 5.41) is 20.6. The van der Waals surface area contributed by atoms with E-state index in [1.807, 2.05) is 0 Å². The molecule has 0 atom stereocenters. The van der Waals surface area contributed by atoms with Crippen molar-refractivity contribution in [3.05, 3.63) is 34.0 Å². The van der Waals surface area contributed by atoms with Gasteiger partial charge in [0, 0.05) is 20.5 Å². The zero-order valence-electron chi connectivity index (χ0n) is 7.84. The van der Waals surface area contributed by atoms with Gasteiger partial charge < -0.3 is 10.2 Å². The molecule has 0 aliphatic rings. The molecule has 2 rings (SSSR count). The standard InChI is InChI=1S/C10H6O4S2/c11-9(12)5-1-7(15-3-5)8-2-6(4-16-8)10(13)14/h1-4H,(H,11,12)(H,13,14). The van der Waals surface area contributed by atoms with Gasteiger partial charge >= 0.3 is 11.9 Å². The minimum atomic E-state index is -0.975. The summed E-state index contributed by atoms with van der Waals surface area (Å²) in [5.41, 5.74) is 0.454. The fourth-order valence-corrected chi connectivity index (χ4v) is 3.03. The van der Waals surface area contributed by atoms with E-state index in [1.54, 1.807) is 12.1 Å². The molecule has 4 nitrogen and oxygen atoms in total. The quantitative estimate of drug-likeness (QED) is 0.883. The second kappa shape index (κ2) is 4.07. The van der Waals surface area contributed by atoms with Crippen LogP contribution in [0.25, 0.3) is 9.75 Å². The SMILES string of the molecule is O=C(O)c1csc(-c2cc(C(=O)O)cs2)c1. The molecule has 0 aliphatic heterocycles. The van der Waals surface area contributed by atoms with Gasteiger partial charge in [-0.2, -0.15) is 0 Å². The van der Waals surface area contributed by atoms with Crippen LogP contribution in [-0.4, -0.2) is 22.2 Å². The Balaban J connectivity index is 2.35. The van der Waals surface area contributed by atoms with Crippen LogP contribution in [0.2, 0.25) is 0 Å². The second-order valence-corrected chi connectivity index (χ2v) is 4.83. The summed E-state index contributed by atoms with van der Waals surface area (Å²) >= 11 is 2.59. The van der Waals surface area contributed by atoms with E-state index in [0.29, 0.717) is 0 Å². The fraction of sp³-hybridized carbons (Fsp3) is 0. The summed E-state index contributed by atoms with van der Waals surface area (Å²) in [4.78, 5) is 22.9. The molecule has 0 saturated carbocycles. The molecule has 0 aliphatic carbocycles. The molecule has 2 aromatic rings. The number of hydrogen-bond donors (Lipinski definition) is 2. The number of carboxylic acids is 2. The number of rotatable bonds is 3. The Hall–Kier alpha value is -1.66. The third-order valence-electron chi connectivity index (χ3n) is 1.94. The van der Waals surface area contributed by atoms with Gasteiger partial charge in [0.1, 0.15) is 0 Å². The summed E-state index contributed by atoms with van der Waals surface area (Å²) in [7, 11) is 0. The lowest BCUT2D eigenvalue weighted by Gasteiger charge is -1.87. The Bertz CT molecular complexity index is 502. The van der Waals surface area contributed by atoms with Crippen LogP contribution in [0.1, 0.15) is 20.7 Å². The lowest BCUT2D eigenvalue weighted by molar-refractivity contribution is 0.0686. The smallest absolute Gasteiger partial charge is 0.336 e. The zero-order valence-corrected chi connectivity index (χ0v) is 9.47. The number of thiophene rings is 2. The van der Waals surface area contributed by atoms with Crippen LogP contribution in [0.4, 0.5) is 0 Å². The summed E-state index contributed by atoms with van der Waals surface area (Å²) in [6.45, 7) is 0. The van der Waals surface area contributed by atoms with Gasteiger partial charge in [0.2, 0.25) is 0 Å². The zero-order chi connectivity index (χ0) is 11.7. The molecule has 2 N–H and O–H groups in total. The van der Waals surface area contributed by atoms with Gasteiger partial charge in [-0.1, -0.05) is 0 Å². The van der Waals surface area contributed by atoms with Crippen LogP contribution in [0, 0.1) is 0 Å². The molecule has 2 heterocycles. The van der Waals surface area contributed by atoms with Crippen molar-refractivity contribution in [2.24, 2.45) is 0 Å². The second-order valence-electron chi connectivity index (χ2n) is 3.01. The predicted molar refractivity (Wildman–Crippen MR) is 61.6 cm³/mol. The van der Waals surface area contributed by atoms with Crippen LogP contribution in [0.5, 0.6) is 0 Å². The highest BCUT2D eigenvalue weighted by atomic mass is 32.1. The van der Waals surface area contributed by atoms with Gasteiger partial charge in [-0.25, -0.2) is 9.59 Å². The van der Waals surface area contributed by atoms with Crippen molar-refractivity contribution < 1.29 is 19.8 Å². The van der Waals surface area contributed by atoms with Gasteiger partial charge in [-0.3, -0.25) is 0 Å². The van der Waals surface area contributed by atoms with Gasteiger partial charge in [-0.05, 0) is 12.1 Å². The summed E-state index contributed by atoms with van der Waals surface area (Å²) in [5.74, 6) is -1.95. The van der Waals surface area contributed by atoms with E-state index in [1.165, 1.54) is 33.4 Å². The molecule has 0 saturated heterocycles. The largest absolute Gasteiger partial charge is 0.478 e. The Morgan fingerprint density at radius 2 is 1.25 bits per heavy atom. The normalized spacial score (nSPS) is 10.2. The monoisotopic (exact) mass is 254 g/mol. The lowest BCUT2D eigenvalue weighted by atomic mass is 10.2. The van der Waals surface area contributed by atoms with Gasteiger partial charge in [-0.15, -0.1) is 22.7 Å². The van der Waals surface area contributed by atoms with Crippen LogP contribution in [-0.2, 0) is 0 Å². The van der Waals surface area contributed by atoms with Crippen molar-refractivity contribution in [3.63, 3.8) is 0 Å². The van der Waals surface area contributed by atoms with Gasteiger partial charge in [0.25, 0.3) is 0 Å². The first-order valence-corrected chi connectivity index (χ1v) is 5.98. The maximum absolute atomic E-state index is 10.7. The first kappa shape index (κ1) is 10.8. The van der Waals surface area contributed by atoms with E-state index in [4.69, 9.17) is 10.2 Å². The van der Waals surface area contributed by atoms with Crippen molar-refractivity contribution in [2.75, 3.05) is 0 Å². The molecule has 0 fully saturated rings. The van der Waals surface area contributed by atoms with E-state index >= 15 is 0 Å². The van der Waals surface area contributed by atoms with E-state index < -0.39 is 11.9 Å². The third kappa shape index (κ3) is 1.98. The number of carboxylic acid groups (broad SMARTS) is 2. The van der Waals surface area contributed by atoms with Crippen molar-refractivity contribution in [2.45, 2.75) is 0 Å². The molecule has 82 valence electrons. The first-order chi connectivity index (χ1) is 7.58. The van der Waals surface area contributed by atoms with E-state index in [2.05, 4.69) is 0 Å². The van der Waals surface area contributed by atoms with E-state index in [9.17, 15) is 9.59 Å². The molecule has 0 spiro atoms. The van der Waals surface area contributed by atoms with Crippen LogP contribution >= 0.6 is 22.7 Å². The molecule has 6 heteroatoms. The van der Waals surface area contributed by atoms with Crippen LogP contribution in [0.15, 0.2) is 22.9 Å². The molecular weight excluding hydrogens is 248 g/mol. The molecule has 2 aromatic heterocycles. The third-order valence-corrected chi connectivity index (χ3v) is 3.99. The summed E-state index contributed by atoms with van der Waals surface area (Å²) in [6.07, 6.45) is 0. The molecule has 0 bridgehead atoms. The summed E-state index contributed by atoms with van der Waals surface area (Å²) < 4.78 is 0. The van der Waals surface area contributed by atoms with Crippen molar-refractivity contribution >= 4 is 34.6 Å². The number of hydrogen-bond acceptors (Lipinski definition) is 4.